The molecular formula is C13H21NO3S. The van der Waals surface area contributed by atoms with Crippen LogP contribution in [0.3, 0.4) is 0 Å². The minimum absolute atomic E-state index is 0.263. The van der Waals surface area contributed by atoms with Crippen molar-refractivity contribution in [1.82, 2.24) is 0 Å². The van der Waals surface area contributed by atoms with Crippen molar-refractivity contribution in [3.8, 4) is 0 Å². The van der Waals surface area contributed by atoms with E-state index in [1.54, 1.807) is 24.3 Å². The van der Waals surface area contributed by atoms with Crippen molar-refractivity contribution in [3.05, 3.63) is 24.3 Å². The van der Waals surface area contributed by atoms with Gasteiger partial charge in [-0.1, -0.05) is 26.0 Å². The van der Waals surface area contributed by atoms with Gasteiger partial charge in [0.2, 0.25) is 0 Å². The second-order valence-electron chi connectivity index (χ2n) is 4.55. The molecule has 0 spiro atoms. The molecule has 4 nitrogen and oxygen atoms in total. The van der Waals surface area contributed by atoms with Crippen molar-refractivity contribution in [2.24, 2.45) is 0 Å². The van der Waals surface area contributed by atoms with E-state index in [0.29, 0.717) is 25.1 Å². The van der Waals surface area contributed by atoms with Gasteiger partial charge in [0.1, 0.15) is 0 Å². The smallest absolute Gasteiger partial charge is 0.177 e. The molecule has 0 amide bonds. The van der Waals surface area contributed by atoms with Gasteiger partial charge in [-0.05, 0) is 25.0 Å². The molecule has 5 heteroatoms. The Bertz CT molecular complexity index is 493. The van der Waals surface area contributed by atoms with Gasteiger partial charge in [-0.25, -0.2) is 8.42 Å². The molecule has 0 aliphatic carbocycles. The van der Waals surface area contributed by atoms with Crippen LogP contribution in [0, 0.1) is 0 Å². The van der Waals surface area contributed by atoms with Crippen molar-refractivity contribution < 1.29 is 13.5 Å². The molecule has 2 N–H and O–H groups in total. The fourth-order valence-corrected chi connectivity index (χ4v) is 2.56. The van der Waals surface area contributed by atoms with E-state index in [1.807, 2.05) is 13.8 Å². The highest BCUT2D eigenvalue weighted by Gasteiger charge is 2.22. The molecule has 18 heavy (non-hydrogen) atoms. The largest absolute Gasteiger partial charge is 0.388 e. The number of hydrogen-bond acceptors (Lipinski definition) is 4. The summed E-state index contributed by atoms with van der Waals surface area (Å²) in [6.07, 6.45) is 2.43. The summed E-state index contributed by atoms with van der Waals surface area (Å²) >= 11 is 0. The number of nitrogens with one attached hydrogen (secondary N) is 1. The zero-order valence-electron chi connectivity index (χ0n) is 11.1. The van der Waals surface area contributed by atoms with Crippen LogP contribution in [0.25, 0.3) is 0 Å². The normalized spacial score (nSPS) is 12.4. The van der Waals surface area contributed by atoms with Crippen LogP contribution in [0.5, 0.6) is 0 Å². The fraction of sp³-hybridized carbons (Fsp3) is 0.538. The van der Waals surface area contributed by atoms with Crippen molar-refractivity contribution in [2.75, 3.05) is 18.1 Å². The number of hydrogen-bond donors (Lipinski definition) is 2. The number of anilines is 1. The molecule has 1 rings (SSSR count). The van der Waals surface area contributed by atoms with E-state index < -0.39 is 15.4 Å². The Kier molecular flexibility index (Phi) is 4.76. The van der Waals surface area contributed by atoms with E-state index in [0.717, 1.165) is 0 Å². The predicted octanol–water partition coefficient (Wildman–Crippen LogP) is 2.05. The SMILES string of the molecule is CCC(O)(CC)CNc1ccccc1S(C)(=O)=O. The van der Waals surface area contributed by atoms with Crippen molar-refractivity contribution in [1.29, 1.82) is 0 Å². The molecule has 0 heterocycles. The zero-order chi connectivity index (χ0) is 13.8. The van der Waals surface area contributed by atoms with Crippen molar-refractivity contribution in [3.63, 3.8) is 0 Å². The van der Waals surface area contributed by atoms with Crippen LogP contribution in [0.1, 0.15) is 26.7 Å². The summed E-state index contributed by atoms with van der Waals surface area (Å²) in [5.74, 6) is 0. The van der Waals surface area contributed by atoms with E-state index in [2.05, 4.69) is 5.32 Å². The maximum atomic E-state index is 11.6. The molecule has 0 radical (unpaired) electrons. The lowest BCUT2D eigenvalue weighted by Gasteiger charge is -2.26. The molecule has 0 saturated heterocycles. The Morgan fingerprint density at radius 2 is 1.78 bits per heavy atom. The van der Waals surface area contributed by atoms with E-state index in [1.165, 1.54) is 6.26 Å². The number of aliphatic hydroxyl groups is 1. The maximum Gasteiger partial charge on any atom is 0.177 e. The maximum absolute atomic E-state index is 11.6. The Hall–Kier alpha value is -1.07. The second-order valence-corrected chi connectivity index (χ2v) is 6.54. The third kappa shape index (κ3) is 3.71. The fourth-order valence-electron chi connectivity index (χ4n) is 1.70. The van der Waals surface area contributed by atoms with Crippen LogP contribution in [0.4, 0.5) is 5.69 Å². The zero-order valence-corrected chi connectivity index (χ0v) is 11.9. The molecule has 0 bridgehead atoms. The lowest BCUT2D eigenvalue weighted by atomic mass is 9.97. The minimum atomic E-state index is -3.26. The summed E-state index contributed by atoms with van der Waals surface area (Å²) in [6, 6.07) is 6.73. The van der Waals surface area contributed by atoms with Gasteiger partial charge in [0.15, 0.2) is 9.84 Å². The van der Waals surface area contributed by atoms with Crippen LogP contribution in [0.2, 0.25) is 0 Å². The molecule has 0 saturated carbocycles. The van der Waals surface area contributed by atoms with Crippen LogP contribution < -0.4 is 5.32 Å². The summed E-state index contributed by atoms with van der Waals surface area (Å²) < 4.78 is 23.2. The summed E-state index contributed by atoms with van der Waals surface area (Å²) in [4.78, 5) is 0.263. The Labute approximate surface area is 109 Å². The van der Waals surface area contributed by atoms with E-state index in [-0.39, 0.29) is 4.90 Å². The first-order valence-corrected chi connectivity index (χ1v) is 7.97. The number of sulfone groups is 1. The topological polar surface area (TPSA) is 66.4 Å². The summed E-state index contributed by atoms with van der Waals surface area (Å²) in [6.45, 7) is 4.16. The number of para-hydroxylation sites is 1. The van der Waals surface area contributed by atoms with Gasteiger partial charge in [0, 0.05) is 12.8 Å². The molecule has 0 aliphatic rings. The summed E-state index contributed by atoms with van der Waals surface area (Å²) in [5.41, 5.74) is -0.259. The molecular weight excluding hydrogens is 250 g/mol. The first-order valence-electron chi connectivity index (χ1n) is 6.08. The van der Waals surface area contributed by atoms with Gasteiger partial charge < -0.3 is 10.4 Å². The second kappa shape index (κ2) is 5.71. The molecule has 0 unspecified atom stereocenters. The first-order chi connectivity index (χ1) is 8.32. The standard InChI is InChI=1S/C13H21NO3S/c1-4-13(15,5-2)10-14-11-8-6-7-9-12(11)18(3,16)17/h6-9,14-15H,4-5,10H2,1-3H3. The molecule has 1 aromatic carbocycles. The Morgan fingerprint density at radius 1 is 1.22 bits per heavy atom. The number of benzene rings is 1. The van der Waals surface area contributed by atoms with Gasteiger partial charge in [-0.3, -0.25) is 0 Å². The number of rotatable bonds is 6. The van der Waals surface area contributed by atoms with Crippen LogP contribution >= 0.6 is 0 Å². The lowest BCUT2D eigenvalue weighted by molar-refractivity contribution is 0.0456. The highest BCUT2D eigenvalue weighted by atomic mass is 32.2. The Morgan fingerprint density at radius 3 is 2.28 bits per heavy atom. The van der Waals surface area contributed by atoms with Crippen LogP contribution in [0.15, 0.2) is 29.2 Å². The monoisotopic (exact) mass is 271 g/mol. The van der Waals surface area contributed by atoms with Gasteiger partial charge in [-0.2, -0.15) is 0 Å². The highest BCUT2D eigenvalue weighted by Crippen LogP contribution is 2.22. The van der Waals surface area contributed by atoms with Gasteiger partial charge in [0.25, 0.3) is 0 Å². The average molecular weight is 271 g/mol. The molecule has 102 valence electrons. The van der Waals surface area contributed by atoms with Gasteiger partial charge >= 0.3 is 0 Å². The lowest BCUT2D eigenvalue weighted by Crippen LogP contribution is -2.35. The quantitative estimate of drug-likeness (QED) is 0.831. The van der Waals surface area contributed by atoms with E-state index in [9.17, 15) is 13.5 Å². The molecule has 1 aromatic rings. The molecule has 0 atom stereocenters. The molecule has 0 aromatic heterocycles. The highest BCUT2D eigenvalue weighted by molar-refractivity contribution is 7.90. The van der Waals surface area contributed by atoms with Crippen molar-refractivity contribution >= 4 is 15.5 Å². The molecule has 0 fully saturated rings. The van der Waals surface area contributed by atoms with E-state index >= 15 is 0 Å². The first kappa shape index (κ1) is 15.0. The van der Waals surface area contributed by atoms with Gasteiger partial charge in [0.05, 0.1) is 16.2 Å². The average Bonchev–Trinajstić information content (AvgIpc) is 2.35. The van der Waals surface area contributed by atoms with E-state index in [4.69, 9.17) is 0 Å². The summed E-state index contributed by atoms with van der Waals surface area (Å²) in [7, 11) is -3.26. The van der Waals surface area contributed by atoms with Crippen LogP contribution in [-0.2, 0) is 9.84 Å². The van der Waals surface area contributed by atoms with Crippen molar-refractivity contribution in [2.45, 2.75) is 37.2 Å². The molecule has 0 aliphatic heterocycles. The Balaban J connectivity index is 2.93. The predicted molar refractivity (Wildman–Crippen MR) is 73.6 cm³/mol. The third-order valence-electron chi connectivity index (χ3n) is 3.21. The van der Waals surface area contributed by atoms with Gasteiger partial charge in [-0.15, -0.1) is 0 Å². The minimum Gasteiger partial charge on any atom is -0.388 e. The summed E-state index contributed by atoms with van der Waals surface area (Å²) in [5, 5.41) is 13.2. The van der Waals surface area contributed by atoms with Crippen LogP contribution in [-0.4, -0.2) is 31.9 Å². The third-order valence-corrected chi connectivity index (χ3v) is 4.37.